The Balaban J connectivity index is 1.76. The summed E-state index contributed by atoms with van der Waals surface area (Å²) in [4.78, 5) is 11.7. The number of hydrogen-bond donors (Lipinski definition) is 2. The van der Waals surface area contributed by atoms with E-state index in [0.29, 0.717) is 12.2 Å². The van der Waals surface area contributed by atoms with Crippen LogP contribution in [0.15, 0.2) is 24.3 Å². The first kappa shape index (κ1) is 15.2. The Kier molecular flexibility index (Phi) is 4.04. The van der Waals surface area contributed by atoms with Crippen molar-refractivity contribution < 1.29 is 24.5 Å². The van der Waals surface area contributed by atoms with Crippen molar-refractivity contribution in [2.45, 2.75) is 51.3 Å². The molecule has 1 unspecified atom stereocenters. The number of aliphatic hydroxyl groups excluding tert-OH is 2. The minimum Gasteiger partial charge on any atom is -0.465 e. The fourth-order valence-electron chi connectivity index (χ4n) is 2.98. The van der Waals surface area contributed by atoms with E-state index in [1.165, 1.54) is 0 Å². The molecule has 0 bridgehead atoms. The van der Waals surface area contributed by atoms with E-state index in [2.05, 4.69) is 0 Å². The molecule has 2 N–H and O–H groups in total. The van der Waals surface area contributed by atoms with Crippen molar-refractivity contribution in [2.75, 3.05) is 0 Å². The number of fused-ring (bicyclic) bond motifs is 1. The molecule has 0 saturated carbocycles. The lowest BCUT2D eigenvalue weighted by atomic mass is 9.91. The van der Waals surface area contributed by atoms with E-state index in [-0.39, 0.29) is 12.2 Å². The number of allylic oxidation sites excluding steroid dienone is 2. The molecule has 1 heterocycles. The van der Waals surface area contributed by atoms with Gasteiger partial charge in [-0.15, -0.1) is 0 Å². The predicted octanol–water partition coefficient (Wildman–Crippen LogP) is 1.45. The van der Waals surface area contributed by atoms with Crippen LogP contribution in [-0.4, -0.2) is 40.6 Å². The number of carbonyl (C=O) groups is 1. The molecule has 5 nitrogen and oxygen atoms in total. The number of carbonyl (C=O) groups excluding carboxylic acids is 1. The van der Waals surface area contributed by atoms with Crippen molar-refractivity contribution in [3.05, 3.63) is 35.4 Å². The first-order valence-corrected chi connectivity index (χ1v) is 7.46. The Morgan fingerprint density at radius 1 is 1.32 bits per heavy atom. The first-order chi connectivity index (χ1) is 10.4. The second-order valence-electron chi connectivity index (χ2n) is 5.97. The summed E-state index contributed by atoms with van der Waals surface area (Å²) in [7, 11) is 0. The lowest BCUT2D eigenvalue weighted by molar-refractivity contribution is -0.216. The minimum atomic E-state index is -0.895. The number of aliphatic hydroxyl groups is 2. The first-order valence-electron chi connectivity index (χ1n) is 7.46. The van der Waals surface area contributed by atoms with E-state index in [1.54, 1.807) is 13.0 Å². The number of rotatable bonds is 2. The van der Waals surface area contributed by atoms with Gasteiger partial charge in [-0.2, -0.15) is 0 Å². The van der Waals surface area contributed by atoms with E-state index in [0.717, 1.165) is 16.7 Å². The van der Waals surface area contributed by atoms with Gasteiger partial charge in [-0.05, 0) is 48.8 Å². The van der Waals surface area contributed by atoms with Crippen LogP contribution in [0.1, 0.15) is 31.4 Å². The second-order valence-corrected chi connectivity index (χ2v) is 5.97. The van der Waals surface area contributed by atoms with Gasteiger partial charge >= 0.3 is 0 Å². The van der Waals surface area contributed by atoms with Gasteiger partial charge in [0.15, 0.2) is 5.78 Å². The maximum atomic E-state index is 11.7. The minimum absolute atomic E-state index is 0.0863. The molecule has 1 aliphatic carbocycles. The van der Waals surface area contributed by atoms with Crippen LogP contribution in [0.25, 0.3) is 5.57 Å². The van der Waals surface area contributed by atoms with Crippen molar-refractivity contribution in [3.63, 3.8) is 0 Å². The number of ketones is 1. The molecule has 1 saturated heterocycles. The molecule has 1 aromatic carbocycles. The number of ether oxygens (including phenoxy) is 2. The predicted molar refractivity (Wildman–Crippen MR) is 80.4 cm³/mol. The van der Waals surface area contributed by atoms with E-state index in [4.69, 9.17) is 9.47 Å². The molecular formula is C17H20O5. The van der Waals surface area contributed by atoms with Crippen LogP contribution in [-0.2, 0) is 16.0 Å². The smallest absolute Gasteiger partial charge is 0.202 e. The summed E-state index contributed by atoms with van der Waals surface area (Å²) in [5, 5.41) is 19.5. The molecule has 1 fully saturated rings. The molecule has 1 aromatic rings. The largest absolute Gasteiger partial charge is 0.465 e. The standard InChI is InChI=1S/C17H20O5/c1-9-5-12(18)6-11-7-13(3-4-14(9)11)22-16-8-15(19)17(20)10(2)21-16/h3-5,7,10,15-17,19-20H,6,8H2,1-2H3/t10-,15-,16?,17+/m0/s1. The Hall–Kier alpha value is -1.69. The van der Waals surface area contributed by atoms with Crippen molar-refractivity contribution >= 4 is 11.4 Å². The van der Waals surface area contributed by atoms with Gasteiger partial charge in [0, 0.05) is 12.8 Å². The van der Waals surface area contributed by atoms with Crippen LogP contribution in [0.2, 0.25) is 0 Å². The third kappa shape index (κ3) is 2.92. The molecule has 1 aliphatic heterocycles. The molecule has 5 heteroatoms. The molecule has 22 heavy (non-hydrogen) atoms. The highest BCUT2D eigenvalue weighted by molar-refractivity contribution is 6.01. The van der Waals surface area contributed by atoms with Gasteiger partial charge < -0.3 is 19.7 Å². The number of hydrogen-bond acceptors (Lipinski definition) is 5. The van der Waals surface area contributed by atoms with E-state index in [1.807, 2.05) is 25.1 Å². The fraction of sp³-hybridized carbons (Fsp3) is 0.471. The Bertz CT molecular complexity index is 609. The van der Waals surface area contributed by atoms with Crippen LogP contribution < -0.4 is 4.74 Å². The van der Waals surface area contributed by atoms with Gasteiger partial charge in [-0.3, -0.25) is 4.79 Å². The lowest BCUT2D eigenvalue weighted by Gasteiger charge is -2.35. The van der Waals surface area contributed by atoms with E-state index >= 15 is 0 Å². The van der Waals surface area contributed by atoms with Gasteiger partial charge in [0.05, 0.1) is 12.2 Å². The van der Waals surface area contributed by atoms with Gasteiger partial charge in [0.2, 0.25) is 6.29 Å². The van der Waals surface area contributed by atoms with Gasteiger partial charge in [-0.25, -0.2) is 0 Å². The van der Waals surface area contributed by atoms with Crippen LogP contribution in [0, 0.1) is 0 Å². The summed E-state index contributed by atoms with van der Waals surface area (Å²) < 4.78 is 11.3. The highest BCUT2D eigenvalue weighted by atomic mass is 16.7. The van der Waals surface area contributed by atoms with Gasteiger partial charge in [0.25, 0.3) is 0 Å². The summed E-state index contributed by atoms with van der Waals surface area (Å²) in [5.41, 5.74) is 2.95. The van der Waals surface area contributed by atoms with Crippen LogP contribution >= 0.6 is 0 Å². The van der Waals surface area contributed by atoms with Crippen LogP contribution in [0.4, 0.5) is 0 Å². The van der Waals surface area contributed by atoms with Crippen LogP contribution in [0.5, 0.6) is 5.75 Å². The summed E-state index contributed by atoms with van der Waals surface area (Å²) in [6.45, 7) is 3.61. The zero-order valence-corrected chi connectivity index (χ0v) is 12.7. The molecule has 0 aromatic heterocycles. The summed E-state index contributed by atoms with van der Waals surface area (Å²) in [6.07, 6.45) is -0.618. The van der Waals surface area contributed by atoms with Crippen molar-refractivity contribution in [1.82, 2.24) is 0 Å². The van der Waals surface area contributed by atoms with Crippen molar-refractivity contribution in [3.8, 4) is 5.75 Å². The highest BCUT2D eigenvalue weighted by Gasteiger charge is 2.35. The zero-order valence-electron chi connectivity index (χ0n) is 12.7. The van der Waals surface area contributed by atoms with Crippen molar-refractivity contribution in [1.29, 1.82) is 0 Å². The molecule has 0 spiro atoms. The molecular weight excluding hydrogens is 284 g/mol. The zero-order chi connectivity index (χ0) is 15.9. The molecule has 3 rings (SSSR count). The average molecular weight is 304 g/mol. The molecule has 4 atom stereocenters. The van der Waals surface area contributed by atoms with E-state index < -0.39 is 24.6 Å². The topological polar surface area (TPSA) is 76.0 Å². The summed E-state index contributed by atoms with van der Waals surface area (Å²) in [6, 6.07) is 5.60. The van der Waals surface area contributed by atoms with Gasteiger partial charge in [-0.1, -0.05) is 6.07 Å². The summed E-state index contributed by atoms with van der Waals surface area (Å²) >= 11 is 0. The second kappa shape index (κ2) is 5.83. The normalized spacial score (nSPS) is 31.5. The van der Waals surface area contributed by atoms with Gasteiger partial charge in [0.1, 0.15) is 11.9 Å². The fourth-order valence-corrected chi connectivity index (χ4v) is 2.98. The average Bonchev–Trinajstić information content (AvgIpc) is 2.44. The Morgan fingerprint density at radius 3 is 2.82 bits per heavy atom. The monoisotopic (exact) mass is 304 g/mol. The molecule has 0 radical (unpaired) electrons. The van der Waals surface area contributed by atoms with Crippen LogP contribution in [0.3, 0.4) is 0 Å². The highest BCUT2D eigenvalue weighted by Crippen LogP contribution is 2.30. The molecule has 0 amide bonds. The SMILES string of the molecule is CC1=CC(=O)Cc2cc(OC3C[C@H](O)[C@H](O)[C@H](C)O3)ccc21. The summed E-state index contributed by atoms with van der Waals surface area (Å²) in [5.74, 6) is 0.685. The third-order valence-corrected chi connectivity index (χ3v) is 4.19. The number of benzene rings is 1. The lowest BCUT2D eigenvalue weighted by Crippen LogP contribution is -2.48. The maximum absolute atomic E-state index is 11.7. The Morgan fingerprint density at radius 2 is 2.09 bits per heavy atom. The Labute approximate surface area is 129 Å². The quantitative estimate of drug-likeness (QED) is 0.865. The molecule has 2 aliphatic rings. The van der Waals surface area contributed by atoms with Crippen molar-refractivity contribution in [2.24, 2.45) is 0 Å². The third-order valence-electron chi connectivity index (χ3n) is 4.19. The van der Waals surface area contributed by atoms with E-state index in [9.17, 15) is 15.0 Å². The molecule has 118 valence electrons. The maximum Gasteiger partial charge on any atom is 0.202 e.